The molecule has 1 aromatic rings. The average molecular weight is 201 g/mol. The molecular formula is C8H5F2NO3. The Bertz CT molecular complexity index is 417. The molecule has 0 spiro atoms. The summed E-state index contributed by atoms with van der Waals surface area (Å²) in [5.74, 6) is -5.70. The van der Waals surface area contributed by atoms with E-state index in [9.17, 15) is 18.4 Å². The van der Waals surface area contributed by atoms with Crippen molar-refractivity contribution in [2.24, 2.45) is 0 Å². The molecule has 0 heterocycles. The van der Waals surface area contributed by atoms with Gasteiger partial charge in [-0.3, -0.25) is 4.79 Å². The minimum Gasteiger partial charge on any atom is -0.475 e. The topological polar surface area (TPSA) is 80.4 Å². The van der Waals surface area contributed by atoms with Gasteiger partial charge in [0.25, 0.3) is 5.78 Å². The van der Waals surface area contributed by atoms with E-state index in [-0.39, 0.29) is 0 Å². The highest BCUT2D eigenvalue weighted by atomic mass is 19.2. The summed E-state index contributed by atoms with van der Waals surface area (Å²) in [6, 6.07) is 1.02. The molecule has 0 aliphatic rings. The molecule has 1 aromatic carbocycles. The van der Waals surface area contributed by atoms with Crippen molar-refractivity contribution in [3.63, 3.8) is 0 Å². The molecule has 3 N–H and O–H groups in total. The van der Waals surface area contributed by atoms with Crippen LogP contribution in [0.1, 0.15) is 10.4 Å². The number of aliphatic carboxylic acids is 1. The summed E-state index contributed by atoms with van der Waals surface area (Å²) in [6.45, 7) is 0. The van der Waals surface area contributed by atoms with E-state index >= 15 is 0 Å². The van der Waals surface area contributed by atoms with Crippen LogP contribution in [-0.4, -0.2) is 16.9 Å². The molecule has 14 heavy (non-hydrogen) atoms. The van der Waals surface area contributed by atoms with Gasteiger partial charge < -0.3 is 10.8 Å². The standard InChI is InChI=1S/C8H5F2NO3/c9-4-1-3(7(12)8(13)14)6(11)2-5(4)10/h1-2H,11H2,(H,13,14). The molecule has 0 aliphatic heterocycles. The van der Waals surface area contributed by atoms with Gasteiger partial charge in [0.2, 0.25) is 0 Å². The van der Waals surface area contributed by atoms with Crippen LogP contribution in [0.2, 0.25) is 0 Å². The van der Waals surface area contributed by atoms with Crippen molar-refractivity contribution in [1.29, 1.82) is 0 Å². The van der Waals surface area contributed by atoms with Crippen LogP contribution in [0.25, 0.3) is 0 Å². The largest absolute Gasteiger partial charge is 0.475 e. The number of Topliss-reactive ketones (excluding diaryl/α,β-unsaturated/α-hetero) is 1. The van der Waals surface area contributed by atoms with Crippen LogP contribution in [0.4, 0.5) is 14.5 Å². The van der Waals surface area contributed by atoms with Gasteiger partial charge in [0, 0.05) is 11.8 Å². The van der Waals surface area contributed by atoms with E-state index in [1.807, 2.05) is 0 Å². The fourth-order valence-corrected chi connectivity index (χ4v) is 0.874. The van der Waals surface area contributed by atoms with E-state index in [4.69, 9.17) is 10.8 Å². The maximum absolute atomic E-state index is 12.6. The summed E-state index contributed by atoms with van der Waals surface area (Å²) >= 11 is 0. The molecule has 1 rings (SSSR count). The Morgan fingerprint density at radius 1 is 1.21 bits per heavy atom. The predicted molar refractivity (Wildman–Crippen MR) is 42.7 cm³/mol. The van der Waals surface area contributed by atoms with Crippen molar-refractivity contribution in [2.45, 2.75) is 0 Å². The van der Waals surface area contributed by atoms with Gasteiger partial charge in [-0.2, -0.15) is 0 Å². The number of carboxylic acid groups (broad SMARTS) is 1. The second-order valence-electron chi connectivity index (χ2n) is 2.49. The van der Waals surface area contributed by atoms with E-state index in [1.54, 1.807) is 0 Å². The zero-order valence-electron chi connectivity index (χ0n) is 6.75. The molecule has 0 saturated heterocycles. The summed E-state index contributed by atoms with van der Waals surface area (Å²) in [4.78, 5) is 21.1. The number of benzene rings is 1. The van der Waals surface area contributed by atoms with Crippen LogP contribution in [0.5, 0.6) is 0 Å². The number of hydrogen-bond donors (Lipinski definition) is 2. The van der Waals surface area contributed by atoms with Gasteiger partial charge in [0.15, 0.2) is 11.6 Å². The molecule has 0 aliphatic carbocycles. The van der Waals surface area contributed by atoms with Crippen molar-refractivity contribution < 1.29 is 23.5 Å². The smallest absolute Gasteiger partial charge is 0.377 e. The highest BCUT2D eigenvalue weighted by Crippen LogP contribution is 2.17. The number of rotatable bonds is 2. The third kappa shape index (κ3) is 1.68. The molecule has 0 unspecified atom stereocenters. The molecule has 0 atom stereocenters. The average Bonchev–Trinajstić information content (AvgIpc) is 2.10. The lowest BCUT2D eigenvalue weighted by Crippen LogP contribution is -2.15. The first-order chi connectivity index (χ1) is 6.43. The van der Waals surface area contributed by atoms with Gasteiger partial charge in [-0.1, -0.05) is 0 Å². The molecule has 0 radical (unpaired) electrons. The van der Waals surface area contributed by atoms with Gasteiger partial charge in [-0.25, -0.2) is 13.6 Å². The Hall–Kier alpha value is -1.98. The number of ketones is 1. The van der Waals surface area contributed by atoms with E-state index in [2.05, 4.69) is 0 Å². The zero-order valence-corrected chi connectivity index (χ0v) is 6.75. The maximum atomic E-state index is 12.6. The number of carbonyl (C=O) groups excluding carboxylic acids is 1. The summed E-state index contributed by atoms with van der Waals surface area (Å²) < 4.78 is 25.1. The minimum absolute atomic E-state index is 0.406. The first-order valence-electron chi connectivity index (χ1n) is 3.45. The first kappa shape index (κ1) is 10.1. The lowest BCUT2D eigenvalue weighted by Gasteiger charge is -2.02. The monoisotopic (exact) mass is 201 g/mol. The Labute approximate surface area is 76.9 Å². The highest BCUT2D eigenvalue weighted by Gasteiger charge is 2.19. The number of nitrogens with two attached hydrogens (primary N) is 1. The maximum Gasteiger partial charge on any atom is 0.377 e. The van der Waals surface area contributed by atoms with E-state index in [0.717, 1.165) is 0 Å². The van der Waals surface area contributed by atoms with Gasteiger partial charge in [-0.15, -0.1) is 0 Å². The van der Waals surface area contributed by atoms with E-state index < -0.39 is 34.6 Å². The van der Waals surface area contributed by atoms with Crippen molar-refractivity contribution in [2.75, 3.05) is 5.73 Å². The number of hydrogen-bond acceptors (Lipinski definition) is 3. The Kier molecular flexibility index (Phi) is 2.46. The first-order valence-corrected chi connectivity index (χ1v) is 3.45. The molecule has 0 fully saturated rings. The summed E-state index contributed by atoms with van der Waals surface area (Å²) in [6.07, 6.45) is 0. The second-order valence-corrected chi connectivity index (χ2v) is 2.49. The van der Waals surface area contributed by atoms with Crippen molar-refractivity contribution >= 4 is 17.4 Å². The van der Waals surface area contributed by atoms with Crippen LogP contribution in [0.15, 0.2) is 12.1 Å². The zero-order chi connectivity index (χ0) is 10.9. The highest BCUT2D eigenvalue weighted by molar-refractivity contribution is 6.41. The lowest BCUT2D eigenvalue weighted by molar-refractivity contribution is -0.131. The Balaban J connectivity index is 3.29. The number of carbonyl (C=O) groups is 2. The van der Waals surface area contributed by atoms with Crippen LogP contribution >= 0.6 is 0 Å². The lowest BCUT2D eigenvalue weighted by atomic mass is 10.1. The summed E-state index contributed by atoms with van der Waals surface area (Å²) in [7, 11) is 0. The van der Waals surface area contributed by atoms with E-state index in [1.165, 1.54) is 0 Å². The van der Waals surface area contributed by atoms with Crippen LogP contribution in [0.3, 0.4) is 0 Å². The normalized spacial score (nSPS) is 9.86. The SMILES string of the molecule is Nc1cc(F)c(F)cc1C(=O)C(=O)O. The molecule has 0 saturated carbocycles. The van der Waals surface area contributed by atoms with Crippen molar-refractivity contribution in [1.82, 2.24) is 0 Å². The number of anilines is 1. The van der Waals surface area contributed by atoms with Gasteiger partial charge in [-0.05, 0) is 6.07 Å². The quantitative estimate of drug-likeness (QED) is 0.421. The Morgan fingerprint density at radius 2 is 1.71 bits per heavy atom. The van der Waals surface area contributed by atoms with Crippen LogP contribution in [0, 0.1) is 11.6 Å². The number of carboxylic acids is 1. The number of halogens is 2. The molecule has 0 amide bonds. The molecule has 6 heteroatoms. The third-order valence-electron chi connectivity index (χ3n) is 1.53. The second kappa shape index (κ2) is 3.41. The summed E-state index contributed by atoms with van der Waals surface area (Å²) in [5, 5.41) is 8.30. The molecule has 0 aromatic heterocycles. The van der Waals surface area contributed by atoms with Gasteiger partial charge >= 0.3 is 5.97 Å². The van der Waals surface area contributed by atoms with E-state index in [0.29, 0.717) is 12.1 Å². The fraction of sp³-hybridized carbons (Fsp3) is 0. The van der Waals surface area contributed by atoms with Crippen molar-refractivity contribution in [3.05, 3.63) is 29.3 Å². The van der Waals surface area contributed by atoms with Gasteiger partial charge in [0.1, 0.15) is 0 Å². The Morgan fingerprint density at radius 3 is 2.21 bits per heavy atom. The van der Waals surface area contributed by atoms with Crippen LogP contribution < -0.4 is 5.73 Å². The molecule has 4 nitrogen and oxygen atoms in total. The predicted octanol–water partition coefficient (Wildman–Crippen LogP) is 0.814. The molecular weight excluding hydrogens is 196 g/mol. The molecule has 0 bridgehead atoms. The van der Waals surface area contributed by atoms with Crippen LogP contribution in [-0.2, 0) is 4.79 Å². The fourth-order valence-electron chi connectivity index (χ4n) is 0.874. The third-order valence-corrected chi connectivity index (χ3v) is 1.53. The molecule has 74 valence electrons. The minimum atomic E-state index is -1.78. The summed E-state index contributed by atoms with van der Waals surface area (Å²) in [5.41, 5.74) is 4.17. The number of nitrogen functional groups attached to an aromatic ring is 1. The van der Waals surface area contributed by atoms with Crippen molar-refractivity contribution in [3.8, 4) is 0 Å². The van der Waals surface area contributed by atoms with Gasteiger partial charge in [0.05, 0.1) is 5.56 Å².